The summed E-state index contributed by atoms with van der Waals surface area (Å²) in [4.78, 5) is 35.4. The number of carboxylic acid groups (broad SMARTS) is 1. The summed E-state index contributed by atoms with van der Waals surface area (Å²) in [7, 11) is 0. The lowest BCUT2D eigenvalue weighted by Gasteiger charge is -2.34. The predicted molar refractivity (Wildman–Crippen MR) is 100.0 cm³/mol. The van der Waals surface area contributed by atoms with Gasteiger partial charge in [0, 0.05) is 45.1 Å². The maximum Gasteiger partial charge on any atom is 0.356 e. The highest BCUT2D eigenvalue weighted by Crippen LogP contribution is 2.32. The lowest BCUT2D eigenvalue weighted by atomic mass is 10.1. The van der Waals surface area contributed by atoms with Gasteiger partial charge in [0.25, 0.3) is 5.91 Å². The van der Waals surface area contributed by atoms with E-state index in [1.165, 1.54) is 12.4 Å². The van der Waals surface area contributed by atoms with Crippen LogP contribution >= 0.6 is 12.4 Å². The summed E-state index contributed by atoms with van der Waals surface area (Å²) in [5, 5.41) is 9.19. The first kappa shape index (κ1) is 19.8. The Morgan fingerprint density at radius 1 is 1.00 bits per heavy atom. The smallest absolute Gasteiger partial charge is 0.356 e. The standard InChI is InChI=1S/C18H18N4O5.ClH/c23-17(15-16(18(24)25)20-4-3-19-15)22-7-5-21(6-8-22)10-12-1-2-13-14(9-12)27-11-26-13;/h1-4,9H,5-8,10-11H2,(H,24,25);1H. The Morgan fingerprint density at radius 3 is 2.39 bits per heavy atom. The second kappa shape index (κ2) is 8.41. The molecular formula is C18H19ClN4O5. The molecule has 0 saturated carbocycles. The molecule has 2 aliphatic heterocycles. The molecule has 10 heteroatoms. The summed E-state index contributed by atoms with van der Waals surface area (Å²) in [6, 6.07) is 5.88. The van der Waals surface area contributed by atoms with Gasteiger partial charge in [-0.2, -0.15) is 0 Å². The highest BCUT2D eigenvalue weighted by molar-refractivity contribution is 6.02. The van der Waals surface area contributed by atoms with Gasteiger partial charge in [-0.25, -0.2) is 14.8 Å². The Labute approximate surface area is 167 Å². The molecule has 0 spiro atoms. The summed E-state index contributed by atoms with van der Waals surface area (Å²) < 4.78 is 10.7. The van der Waals surface area contributed by atoms with Crippen molar-refractivity contribution in [1.82, 2.24) is 19.8 Å². The molecule has 1 amide bonds. The molecule has 9 nitrogen and oxygen atoms in total. The molecule has 0 unspecified atom stereocenters. The van der Waals surface area contributed by atoms with Crippen LogP contribution < -0.4 is 9.47 Å². The number of hydrogen-bond donors (Lipinski definition) is 1. The van der Waals surface area contributed by atoms with Crippen LogP contribution in [0.25, 0.3) is 0 Å². The zero-order valence-electron chi connectivity index (χ0n) is 14.9. The average Bonchev–Trinajstić information content (AvgIpc) is 3.16. The van der Waals surface area contributed by atoms with E-state index < -0.39 is 11.9 Å². The number of hydrogen-bond acceptors (Lipinski definition) is 7. The number of amides is 1. The van der Waals surface area contributed by atoms with Crippen molar-refractivity contribution in [3.63, 3.8) is 0 Å². The number of piperazine rings is 1. The Hall–Kier alpha value is -2.91. The molecule has 1 aromatic carbocycles. The van der Waals surface area contributed by atoms with Crippen molar-refractivity contribution in [3.8, 4) is 11.5 Å². The van der Waals surface area contributed by atoms with Crippen molar-refractivity contribution in [3.05, 3.63) is 47.5 Å². The quantitative estimate of drug-likeness (QED) is 0.809. The van der Waals surface area contributed by atoms with Gasteiger partial charge in [-0.05, 0) is 17.7 Å². The van der Waals surface area contributed by atoms with Gasteiger partial charge < -0.3 is 19.5 Å². The van der Waals surface area contributed by atoms with Crippen LogP contribution in [0.4, 0.5) is 0 Å². The zero-order chi connectivity index (χ0) is 18.8. The maximum absolute atomic E-state index is 12.6. The van der Waals surface area contributed by atoms with E-state index in [9.17, 15) is 14.7 Å². The fourth-order valence-electron chi connectivity index (χ4n) is 3.21. The fourth-order valence-corrected chi connectivity index (χ4v) is 3.21. The van der Waals surface area contributed by atoms with Crippen LogP contribution in [0, 0.1) is 0 Å². The molecule has 28 heavy (non-hydrogen) atoms. The molecule has 148 valence electrons. The minimum atomic E-state index is -1.26. The third-order valence-electron chi connectivity index (χ3n) is 4.61. The van der Waals surface area contributed by atoms with E-state index in [0.29, 0.717) is 26.2 Å². The molecule has 0 atom stereocenters. The van der Waals surface area contributed by atoms with Gasteiger partial charge in [0.2, 0.25) is 6.79 Å². The van der Waals surface area contributed by atoms with Gasteiger partial charge in [-0.1, -0.05) is 6.07 Å². The van der Waals surface area contributed by atoms with Crippen LogP contribution in [0.1, 0.15) is 26.5 Å². The molecule has 4 rings (SSSR count). The van der Waals surface area contributed by atoms with Crippen molar-refractivity contribution in [2.24, 2.45) is 0 Å². The van der Waals surface area contributed by atoms with Gasteiger partial charge in [0.05, 0.1) is 0 Å². The van der Waals surface area contributed by atoms with Crippen molar-refractivity contribution in [2.75, 3.05) is 33.0 Å². The highest BCUT2D eigenvalue weighted by atomic mass is 35.5. The third-order valence-corrected chi connectivity index (χ3v) is 4.61. The summed E-state index contributed by atoms with van der Waals surface area (Å²) in [6.45, 7) is 3.36. The monoisotopic (exact) mass is 406 g/mol. The number of benzene rings is 1. The van der Waals surface area contributed by atoms with Crippen molar-refractivity contribution < 1.29 is 24.2 Å². The van der Waals surface area contributed by atoms with Crippen LogP contribution in [-0.2, 0) is 6.54 Å². The highest BCUT2D eigenvalue weighted by Gasteiger charge is 2.27. The summed E-state index contributed by atoms with van der Waals surface area (Å²) in [5.74, 6) is -0.145. The number of fused-ring (bicyclic) bond motifs is 1. The topological polar surface area (TPSA) is 105 Å². The molecule has 1 fully saturated rings. The Morgan fingerprint density at radius 2 is 1.68 bits per heavy atom. The van der Waals surface area contributed by atoms with E-state index in [1.54, 1.807) is 4.90 Å². The van der Waals surface area contributed by atoms with Crippen LogP contribution in [0.2, 0.25) is 0 Å². The summed E-state index contributed by atoms with van der Waals surface area (Å²) in [6.07, 6.45) is 2.60. The SMILES string of the molecule is Cl.O=C(O)c1nccnc1C(=O)N1CCN(Cc2ccc3c(c2)OCO3)CC1. The minimum Gasteiger partial charge on any atom is -0.476 e. The number of carbonyl (C=O) groups excluding carboxylic acids is 1. The zero-order valence-corrected chi connectivity index (χ0v) is 15.7. The van der Waals surface area contributed by atoms with Crippen LogP contribution in [0.5, 0.6) is 11.5 Å². The number of nitrogens with zero attached hydrogens (tertiary/aromatic N) is 4. The van der Waals surface area contributed by atoms with Crippen LogP contribution in [0.15, 0.2) is 30.6 Å². The third kappa shape index (κ3) is 4.00. The maximum atomic E-state index is 12.6. The van der Waals surface area contributed by atoms with Gasteiger partial charge in [-0.3, -0.25) is 9.69 Å². The minimum absolute atomic E-state index is 0. The number of carbonyl (C=O) groups is 2. The normalized spacial score (nSPS) is 15.8. The average molecular weight is 407 g/mol. The molecule has 1 saturated heterocycles. The second-order valence-electron chi connectivity index (χ2n) is 6.31. The molecule has 0 bridgehead atoms. The Bertz CT molecular complexity index is 886. The van der Waals surface area contributed by atoms with Gasteiger partial charge in [-0.15, -0.1) is 12.4 Å². The lowest BCUT2D eigenvalue weighted by Crippen LogP contribution is -2.48. The van der Waals surface area contributed by atoms with Gasteiger partial charge in [0.15, 0.2) is 22.9 Å². The molecule has 3 heterocycles. The van der Waals surface area contributed by atoms with E-state index in [0.717, 1.165) is 23.6 Å². The molecule has 1 N–H and O–H groups in total. The number of ether oxygens (including phenoxy) is 2. The molecular weight excluding hydrogens is 388 g/mol. The number of rotatable bonds is 4. The first-order chi connectivity index (χ1) is 13.1. The molecule has 0 radical (unpaired) electrons. The summed E-state index contributed by atoms with van der Waals surface area (Å²) >= 11 is 0. The molecule has 0 aliphatic carbocycles. The van der Waals surface area contributed by atoms with E-state index in [2.05, 4.69) is 14.9 Å². The summed E-state index contributed by atoms with van der Waals surface area (Å²) in [5.41, 5.74) is 0.681. The number of carboxylic acids is 1. The first-order valence-electron chi connectivity index (χ1n) is 8.56. The van der Waals surface area contributed by atoms with E-state index in [-0.39, 0.29) is 30.6 Å². The predicted octanol–water partition coefficient (Wildman–Crippen LogP) is 1.28. The molecule has 1 aromatic heterocycles. The fraction of sp³-hybridized carbons (Fsp3) is 0.333. The van der Waals surface area contributed by atoms with Crippen molar-refractivity contribution in [1.29, 1.82) is 0 Å². The van der Waals surface area contributed by atoms with Gasteiger partial charge >= 0.3 is 5.97 Å². The second-order valence-corrected chi connectivity index (χ2v) is 6.31. The van der Waals surface area contributed by atoms with E-state index in [1.807, 2.05) is 18.2 Å². The number of halogens is 1. The molecule has 2 aliphatic rings. The van der Waals surface area contributed by atoms with Crippen LogP contribution in [-0.4, -0.2) is 69.7 Å². The molecule has 2 aromatic rings. The van der Waals surface area contributed by atoms with E-state index in [4.69, 9.17) is 9.47 Å². The Balaban J connectivity index is 0.00000225. The van der Waals surface area contributed by atoms with Crippen molar-refractivity contribution in [2.45, 2.75) is 6.54 Å². The van der Waals surface area contributed by atoms with Crippen molar-refractivity contribution >= 4 is 24.3 Å². The van der Waals surface area contributed by atoms with Gasteiger partial charge in [0.1, 0.15) is 0 Å². The van der Waals surface area contributed by atoms with Crippen LogP contribution in [0.3, 0.4) is 0 Å². The largest absolute Gasteiger partial charge is 0.476 e. The number of aromatic carboxylic acids is 1. The lowest BCUT2D eigenvalue weighted by molar-refractivity contribution is 0.0600. The van der Waals surface area contributed by atoms with E-state index >= 15 is 0 Å². The Kier molecular flexibility index (Phi) is 5.96. The number of aromatic nitrogens is 2. The first-order valence-corrected chi connectivity index (χ1v) is 8.56.